The molecule has 1 aliphatic rings. The summed E-state index contributed by atoms with van der Waals surface area (Å²) in [6.45, 7) is 2.47. The largest absolute Gasteiger partial charge is 0.357 e. The van der Waals surface area contributed by atoms with Crippen molar-refractivity contribution >= 4 is 17.8 Å². The maximum Gasteiger partial charge on any atom is 0.312 e. The highest BCUT2D eigenvalue weighted by molar-refractivity contribution is 5.88. The molecule has 1 saturated heterocycles. The zero-order valence-corrected chi connectivity index (χ0v) is 14.7. The van der Waals surface area contributed by atoms with Crippen LogP contribution in [-0.2, 0) is 9.59 Å². The van der Waals surface area contributed by atoms with E-state index in [0.717, 1.165) is 24.0 Å². The average molecular weight is 346 g/mol. The van der Waals surface area contributed by atoms with Gasteiger partial charge in [-0.2, -0.15) is 0 Å². The van der Waals surface area contributed by atoms with Crippen LogP contribution in [-0.4, -0.2) is 42.4 Å². The van der Waals surface area contributed by atoms with E-state index in [0.29, 0.717) is 13.0 Å². The predicted molar refractivity (Wildman–Crippen MR) is 94.7 cm³/mol. The Morgan fingerprint density at radius 2 is 2.00 bits per heavy atom. The van der Waals surface area contributed by atoms with Crippen molar-refractivity contribution in [1.29, 1.82) is 0 Å². The number of hydrogen-bond acceptors (Lipinski definition) is 3. The van der Waals surface area contributed by atoms with E-state index in [1.807, 2.05) is 31.2 Å². The maximum atomic E-state index is 12.9. The summed E-state index contributed by atoms with van der Waals surface area (Å²) < 4.78 is 0. The number of hydrogen-bond donors (Lipinski definition) is 3. The molecule has 0 bridgehead atoms. The third-order valence-corrected chi connectivity index (χ3v) is 4.63. The van der Waals surface area contributed by atoms with Gasteiger partial charge in [0.15, 0.2) is 0 Å². The van der Waals surface area contributed by atoms with Gasteiger partial charge in [-0.1, -0.05) is 24.3 Å². The minimum atomic E-state index is -0.678. The summed E-state index contributed by atoms with van der Waals surface area (Å²) in [6, 6.07) is 5.91. The number of amides is 4. The summed E-state index contributed by atoms with van der Waals surface area (Å²) in [5, 5.41) is 5.28. The second-order valence-corrected chi connectivity index (χ2v) is 6.33. The standard InChI is InChI=1S/C18H26N4O3/c1-12-7-3-4-8-13(12)14(21-18(19)25)11-16(23)22-10-6-5-9-15(22)17(24)20-2/h3-4,7-8,14-15H,5-6,9-11H2,1-2H3,(H,20,24)(H3,19,21,25)/t14-,15-/m0/s1. The van der Waals surface area contributed by atoms with Gasteiger partial charge in [-0.05, 0) is 37.3 Å². The van der Waals surface area contributed by atoms with Crippen LogP contribution in [0.25, 0.3) is 0 Å². The van der Waals surface area contributed by atoms with Crippen molar-refractivity contribution in [2.45, 2.75) is 44.7 Å². The molecule has 0 radical (unpaired) electrons. The second kappa shape index (κ2) is 8.50. The Kier molecular flexibility index (Phi) is 6.38. The lowest BCUT2D eigenvalue weighted by atomic mass is 9.96. The van der Waals surface area contributed by atoms with Gasteiger partial charge in [0.25, 0.3) is 0 Å². The lowest BCUT2D eigenvalue weighted by Gasteiger charge is -2.35. The highest BCUT2D eigenvalue weighted by Crippen LogP contribution is 2.24. The monoisotopic (exact) mass is 346 g/mol. The molecule has 7 heteroatoms. The van der Waals surface area contributed by atoms with Crippen LogP contribution in [0.15, 0.2) is 24.3 Å². The van der Waals surface area contributed by atoms with Gasteiger partial charge >= 0.3 is 6.03 Å². The third-order valence-electron chi connectivity index (χ3n) is 4.63. The lowest BCUT2D eigenvalue weighted by molar-refractivity contribution is -0.142. The number of benzene rings is 1. The van der Waals surface area contributed by atoms with Crippen molar-refractivity contribution in [1.82, 2.24) is 15.5 Å². The number of likely N-dealkylation sites (tertiary alicyclic amines) is 1. The Labute approximate surface area is 147 Å². The molecule has 0 aromatic heterocycles. The molecule has 4 N–H and O–H groups in total. The molecule has 2 atom stereocenters. The highest BCUT2D eigenvalue weighted by atomic mass is 16.2. The van der Waals surface area contributed by atoms with E-state index in [9.17, 15) is 14.4 Å². The number of likely N-dealkylation sites (N-methyl/N-ethyl adjacent to an activating group) is 1. The van der Waals surface area contributed by atoms with Crippen molar-refractivity contribution < 1.29 is 14.4 Å². The maximum absolute atomic E-state index is 12.9. The number of nitrogens with zero attached hydrogens (tertiary/aromatic N) is 1. The SMILES string of the molecule is CNC(=O)[C@@H]1CCCCN1C(=O)C[C@H](NC(N)=O)c1ccccc1C. The summed E-state index contributed by atoms with van der Waals surface area (Å²) in [5.41, 5.74) is 7.11. The van der Waals surface area contributed by atoms with Crippen LogP contribution in [0, 0.1) is 6.92 Å². The lowest BCUT2D eigenvalue weighted by Crippen LogP contribution is -2.52. The van der Waals surface area contributed by atoms with Crippen molar-refractivity contribution in [2.24, 2.45) is 5.73 Å². The summed E-state index contributed by atoms with van der Waals surface area (Å²) >= 11 is 0. The van der Waals surface area contributed by atoms with E-state index < -0.39 is 18.1 Å². The Hall–Kier alpha value is -2.57. The third kappa shape index (κ3) is 4.71. The summed E-state index contributed by atoms with van der Waals surface area (Å²) in [7, 11) is 1.57. The fraction of sp³-hybridized carbons (Fsp3) is 0.500. The fourth-order valence-corrected chi connectivity index (χ4v) is 3.35. The predicted octanol–water partition coefficient (Wildman–Crippen LogP) is 1.22. The molecule has 0 unspecified atom stereocenters. The zero-order chi connectivity index (χ0) is 18.4. The summed E-state index contributed by atoms with van der Waals surface area (Å²) in [5.74, 6) is -0.307. The van der Waals surface area contributed by atoms with Gasteiger partial charge in [0.1, 0.15) is 6.04 Å². The average Bonchev–Trinajstić information content (AvgIpc) is 2.60. The molecule has 7 nitrogen and oxygen atoms in total. The molecular formula is C18H26N4O3. The molecule has 1 heterocycles. The van der Waals surface area contributed by atoms with Crippen LogP contribution in [0.1, 0.15) is 42.9 Å². The van der Waals surface area contributed by atoms with Crippen LogP contribution >= 0.6 is 0 Å². The molecule has 4 amide bonds. The van der Waals surface area contributed by atoms with Crippen LogP contribution in [0.3, 0.4) is 0 Å². The fourth-order valence-electron chi connectivity index (χ4n) is 3.35. The Morgan fingerprint density at radius 1 is 1.28 bits per heavy atom. The number of rotatable bonds is 5. The molecule has 2 rings (SSSR count). The van der Waals surface area contributed by atoms with E-state index in [1.54, 1.807) is 11.9 Å². The van der Waals surface area contributed by atoms with Crippen molar-refractivity contribution in [3.8, 4) is 0 Å². The summed E-state index contributed by atoms with van der Waals surface area (Å²) in [6.07, 6.45) is 2.52. The first-order valence-corrected chi connectivity index (χ1v) is 8.56. The van der Waals surface area contributed by atoms with Gasteiger partial charge in [-0.15, -0.1) is 0 Å². The Bertz CT molecular complexity index is 647. The minimum Gasteiger partial charge on any atom is -0.357 e. The second-order valence-electron chi connectivity index (χ2n) is 6.33. The first kappa shape index (κ1) is 18.8. The normalized spacial score (nSPS) is 18.3. The molecule has 0 saturated carbocycles. The van der Waals surface area contributed by atoms with Crippen LogP contribution in [0.4, 0.5) is 4.79 Å². The van der Waals surface area contributed by atoms with Gasteiger partial charge in [-0.3, -0.25) is 9.59 Å². The van der Waals surface area contributed by atoms with Crippen LogP contribution < -0.4 is 16.4 Å². The number of piperidine rings is 1. The number of carbonyl (C=O) groups is 3. The first-order valence-electron chi connectivity index (χ1n) is 8.56. The zero-order valence-electron chi connectivity index (χ0n) is 14.7. The number of aryl methyl sites for hydroxylation is 1. The smallest absolute Gasteiger partial charge is 0.312 e. The van der Waals surface area contributed by atoms with Crippen LogP contribution in [0.2, 0.25) is 0 Å². The number of carbonyl (C=O) groups excluding carboxylic acids is 3. The number of primary amides is 1. The van der Waals surface area contributed by atoms with Gasteiger partial charge in [0.05, 0.1) is 12.5 Å². The summed E-state index contributed by atoms with van der Waals surface area (Å²) in [4.78, 5) is 37.9. The molecular weight excluding hydrogens is 320 g/mol. The Morgan fingerprint density at radius 3 is 2.64 bits per heavy atom. The van der Waals surface area contributed by atoms with Gasteiger partial charge in [-0.25, -0.2) is 4.79 Å². The van der Waals surface area contributed by atoms with E-state index in [4.69, 9.17) is 5.73 Å². The van der Waals surface area contributed by atoms with Crippen LogP contribution in [0.5, 0.6) is 0 Å². The highest BCUT2D eigenvalue weighted by Gasteiger charge is 2.33. The molecule has 0 aliphatic carbocycles. The number of urea groups is 1. The number of nitrogens with two attached hydrogens (primary N) is 1. The Balaban J connectivity index is 2.19. The van der Waals surface area contributed by atoms with E-state index in [-0.39, 0.29) is 18.2 Å². The molecule has 25 heavy (non-hydrogen) atoms. The quantitative estimate of drug-likeness (QED) is 0.746. The van der Waals surface area contributed by atoms with Crippen molar-refractivity contribution in [2.75, 3.05) is 13.6 Å². The molecule has 1 aromatic carbocycles. The molecule has 1 fully saturated rings. The first-order chi connectivity index (χ1) is 11.9. The van der Waals surface area contributed by atoms with Gasteiger partial charge in [0, 0.05) is 13.6 Å². The van der Waals surface area contributed by atoms with Gasteiger partial charge < -0.3 is 21.3 Å². The van der Waals surface area contributed by atoms with E-state index >= 15 is 0 Å². The number of nitrogens with one attached hydrogen (secondary N) is 2. The minimum absolute atomic E-state index is 0.0707. The van der Waals surface area contributed by atoms with Crippen molar-refractivity contribution in [3.05, 3.63) is 35.4 Å². The molecule has 136 valence electrons. The topological polar surface area (TPSA) is 105 Å². The molecule has 1 aromatic rings. The molecule has 1 aliphatic heterocycles. The van der Waals surface area contributed by atoms with E-state index in [2.05, 4.69) is 10.6 Å². The van der Waals surface area contributed by atoms with Gasteiger partial charge in [0.2, 0.25) is 11.8 Å². The van der Waals surface area contributed by atoms with E-state index in [1.165, 1.54) is 0 Å². The molecule has 0 spiro atoms. The van der Waals surface area contributed by atoms with Crippen molar-refractivity contribution in [3.63, 3.8) is 0 Å².